The molecule has 1 aliphatic rings. The van der Waals surface area contributed by atoms with Crippen molar-refractivity contribution < 1.29 is 9.90 Å². The lowest BCUT2D eigenvalue weighted by Gasteiger charge is -2.22. The van der Waals surface area contributed by atoms with Crippen LogP contribution in [0.3, 0.4) is 0 Å². The minimum atomic E-state index is -0.894. The molecule has 1 N–H and O–H groups in total. The standard InChI is InChI=1S/C15H16N2O2S/c18-15(19)12-10-14(17-6-3-8-20-9-7-17)16-13-5-2-1-4-11(12)13/h1-2,4-5,10H,3,6-9H2,(H,18,19). The molecule has 5 heteroatoms. The summed E-state index contributed by atoms with van der Waals surface area (Å²) in [6.07, 6.45) is 1.11. The maximum Gasteiger partial charge on any atom is 0.336 e. The summed E-state index contributed by atoms with van der Waals surface area (Å²) in [6, 6.07) is 9.13. The van der Waals surface area contributed by atoms with Crippen LogP contribution in [0.4, 0.5) is 5.82 Å². The summed E-state index contributed by atoms with van der Waals surface area (Å²) >= 11 is 1.94. The minimum absolute atomic E-state index is 0.336. The fraction of sp³-hybridized carbons (Fsp3) is 0.333. The largest absolute Gasteiger partial charge is 0.478 e. The van der Waals surface area contributed by atoms with E-state index in [1.807, 2.05) is 36.0 Å². The molecule has 104 valence electrons. The number of thioether (sulfide) groups is 1. The van der Waals surface area contributed by atoms with Crippen molar-refractivity contribution in [1.82, 2.24) is 4.98 Å². The van der Waals surface area contributed by atoms with Crippen molar-refractivity contribution in [2.24, 2.45) is 0 Å². The number of nitrogens with zero attached hydrogens (tertiary/aromatic N) is 2. The zero-order valence-electron chi connectivity index (χ0n) is 11.1. The predicted octanol–water partition coefficient (Wildman–Crippen LogP) is 2.88. The Hall–Kier alpha value is -1.75. The van der Waals surface area contributed by atoms with E-state index >= 15 is 0 Å². The zero-order valence-corrected chi connectivity index (χ0v) is 11.9. The lowest BCUT2D eigenvalue weighted by molar-refractivity contribution is 0.0699. The van der Waals surface area contributed by atoms with E-state index in [2.05, 4.69) is 9.88 Å². The molecule has 0 bridgehead atoms. The lowest BCUT2D eigenvalue weighted by Crippen LogP contribution is -2.26. The van der Waals surface area contributed by atoms with E-state index in [-0.39, 0.29) is 0 Å². The highest BCUT2D eigenvalue weighted by molar-refractivity contribution is 7.99. The second kappa shape index (κ2) is 5.71. The van der Waals surface area contributed by atoms with Crippen LogP contribution in [0.15, 0.2) is 30.3 Å². The summed E-state index contributed by atoms with van der Waals surface area (Å²) in [5.41, 5.74) is 1.09. The molecule has 0 aliphatic carbocycles. The van der Waals surface area contributed by atoms with Gasteiger partial charge in [-0.15, -0.1) is 0 Å². The van der Waals surface area contributed by atoms with Crippen molar-refractivity contribution in [3.8, 4) is 0 Å². The van der Waals surface area contributed by atoms with Crippen molar-refractivity contribution in [2.75, 3.05) is 29.5 Å². The molecule has 0 spiro atoms. The molecule has 20 heavy (non-hydrogen) atoms. The summed E-state index contributed by atoms with van der Waals surface area (Å²) in [5, 5.41) is 10.1. The van der Waals surface area contributed by atoms with Gasteiger partial charge in [0.2, 0.25) is 0 Å². The fourth-order valence-electron chi connectivity index (χ4n) is 2.48. The van der Waals surface area contributed by atoms with Gasteiger partial charge in [0.1, 0.15) is 5.82 Å². The average Bonchev–Trinajstić information content (AvgIpc) is 2.75. The van der Waals surface area contributed by atoms with Gasteiger partial charge >= 0.3 is 5.97 Å². The van der Waals surface area contributed by atoms with E-state index in [0.29, 0.717) is 10.9 Å². The monoisotopic (exact) mass is 288 g/mol. The summed E-state index contributed by atoms with van der Waals surface area (Å²) in [5.74, 6) is 2.12. The lowest BCUT2D eigenvalue weighted by atomic mass is 10.1. The number of aromatic carboxylic acids is 1. The van der Waals surface area contributed by atoms with Gasteiger partial charge in [-0.05, 0) is 24.3 Å². The molecule has 0 saturated carbocycles. The highest BCUT2D eigenvalue weighted by Gasteiger charge is 2.16. The third kappa shape index (κ3) is 2.58. The van der Waals surface area contributed by atoms with Gasteiger partial charge in [-0.1, -0.05) is 18.2 Å². The number of carboxylic acid groups (broad SMARTS) is 1. The molecule has 3 rings (SSSR count). The molecule has 1 saturated heterocycles. The Labute approximate surface area is 121 Å². The molecular weight excluding hydrogens is 272 g/mol. The van der Waals surface area contributed by atoms with Crippen molar-refractivity contribution in [3.63, 3.8) is 0 Å². The number of hydrogen-bond acceptors (Lipinski definition) is 4. The van der Waals surface area contributed by atoms with Crippen LogP contribution in [-0.4, -0.2) is 40.7 Å². The Morgan fingerprint density at radius 1 is 1.25 bits per heavy atom. The maximum atomic E-state index is 11.5. The quantitative estimate of drug-likeness (QED) is 0.921. The second-order valence-electron chi connectivity index (χ2n) is 4.80. The van der Waals surface area contributed by atoms with Crippen LogP contribution >= 0.6 is 11.8 Å². The van der Waals surface area contributed by atoms with Gasteiger partial charge in [0, 0.05) is 24.2 Å². The molecule has 1 fully saturated rings. The van der Waals surface area contributed by atoms with Crippen LogP contribution in [0, 0.1) is 0 Å². The number of para-hydroxylation sites is 1. The molecule has 0 amide bonds. The van der Waals surface area contributed by atoms with Gasteiger partial charge in [-0.3, -0.25) is 0 Å². The molecule has 1 aromatic carbocycles. The molecule has 0 radical (unpaired) electrons. The van der Waals surface area contributed by atoms with Gasteiger partial charge < -0.3 is 10.0 Å². The molecule has 1 aromatic heterocycles. The SMILES string of the molecule is O=C(O)c1cc(N2CCCSCC2)nc2ccccc12. The third-order valence-electron chi connectivity index (χ3n) is 3.48. The molecule has 0 unspecified atom stereocenters. The first-order chi connectivity index (χ1) is 9.75. The summed E-state index contributed by atoms with van der Waals surface area (Å²) in [4.78, 5) is 18.3. The van der Waals surface area contributed by atoms with Gasteiger partial charge in [0.25, 0.3) is 0 Å². The Balaban J connectivity index is 2.09. The zero-order chi connectivity index (χ0) is 13.9. The topological polar surface area (TPSA) is 53.4 Å². The summed E-state index contributed by atoms with van der Waals surface area (Å²) in [6.45, 7) is 1.87. The number of pyridine rings is 1. The van der Waals surface area contributed by atoms with E-state index in [9.17, 15) is 9.90 Å². The van der Waals surface area contributed by atoms with Gasteiger partial charge in [0.05, 0.1) is 11.1 Å². The number of carboxylic acids is 1. The molecule has 2 heterocycles. The Bertz CT molecular complexity index is 637. The van der Waals surface area contributed by atoms with Crippen LogP contribution in [0.5, 0.6) is 0 Å². The summed E-state index contributed by atoms with van der Waals surface area (Å²) < 4.78 is 0. The average molecular weight is 288 g/mol. The van der Waals surface area contributed by atoms with Crippen molar-refractivity contribution in [1.29, 1.82) is 0 Å². The van der Waals surface area contributed by atoms with Gasteiger partial charge in [0.15, 0.2) is 0 Å². The second-order valence-corrected chi connectivity index (χ2v) is 6.03. The number of aromatic nitrogens is 1. The molecule has 0 atom stereocenters. The van der Waals surface area contributed by atoms with E-state index in [1.54, 1.807) is 6.07 Å². The van der Waals surface area contributed by atoms with E-state index in [1.165, 1.54) is 0 Å². The van der Waals surface area contributed by atoms with Crippen LogP contribution in [-0.2, 0) is 0 Å². The minimum Gasteiger partial charge on any atom is -0.478 e. The third-order valence-corrected chi connectivity index (χ3v) is 4.53. The van der Waals surface area contributed by atoms with Crippen molar-refractivity contribution in [2.45, 2.75) is 6.42 Å². The molecule has 2 aromatic rings. The van der Waals surface area contributed by atoms with Crippen LogP contribution in [0.25, 0.3) is 10.9 Å². The highest BCUT2D eigenvalue weighted by atomic mass is 32.2. The highest BCUT2D eigenvalue weighted by Crippen LogP contribution is 2.24. The first-order valence-corrected chi connectivity index (χ1v) is 7.87. The van der Waals surface area contributed by atoms with Crippen LogP contribution in [0.1, 0.15) is 16.8 Å². The van der Waals surface area contributed by atoms with Crippen LogP contribution < -0.4 is 4.90 Å². The number of carbonyl (C=O) groups is 1. The Kier molecular flexibility index (Phi) is 3.78. The van der Waals surface area contributed by atoms with E-state index < -0.39 is 5.97 Å². The number of fused-ring (bicyclic) bond motifs is 1. The number of rotatable bonds is 2. The fourth-order valence-corrected chi connectivity index (χ4v) is 3.36. The van der Waals surface area contributed by atoms with E-state index in [0.717, 1.165) is 42.4 Å². The Morgan fingerprint density at radius 2 is 2.10 bits per heavy atom. The van der Waals surface area contributed by atoms with Gasteiger partial charge in [-0.25, -0.2) is 9.78 Å². The van der Waals surface area contributed by atoms with Crippen molar-refractivity contribution in [3.05, 3.63) is 35.9 Å². The van der Waals surface area contributed by atoms with Gasteiger partial charge in [-0.2, -0.15) is 11.8 Å². The maximum absolute atomic E-state index is 11.5. The van der Waals surface area contributed by atoms with E-state index in [4.69, 9.17) is 0 Å². The number of benzene rings is 1. The summed E-state index contributed by atoms with van der Waals surface area (Å²) in [7, 11) is 0. The molecule has 4 nitrogen and oxygen atoms in total. The number of anilines is 1. The molecule has 1 aliphatic heterocycles. The number of hydrogen-bond donors (Lipinski definition) is 1. The predicted molar refractivity (Wildman–Crippen MR) is 82.9 cm³/mol. The van der Waals surface area contributed by atoms with Crippen LogP contribution in [0.2, 0.25) is 0 Å². The smallest absolute Gasteiger partial charge is 0.336 e. The normalized spacial score (nSPS) is 16.1. The first kappa shape index (κ1) is 13.2. The Morgan fingerprint density at radius 3 is 2.95 bits per heavy atom. The first-order valence-electron chi connectivity index (χ1n) is 6.71. The molecular formula is C15H16N2O2S. The van der Waals surface area contributed by atoms with Crippen molar-refractivity contribution >= 4 is 34.5 Å².